The molecule has 0 saturated carbocycles. The lowest BCUT2D eigenvalue weighted by atomic mass is 9.94. The van der Waals surface area contributed by atoms with Crippen LogP contribution in [0.3, 0.4) is 0 Å². The SMILES string of the molecule is CCCCOc1cccc(C(O)=C2C(=O)C(=O)N(CCCn3ccnc3)C2c2ccc(C(=O)OC)cc2)c1. The number of hydrogen-bond acceptors (Lipinski definition) is 7. The topological polar surface area (TPSA) is 111 Å². The Morgan fingerprint density at radius 3 is 2.53 bits per heavy atom. The van der Waals surface area contributed by atoms with Crippen molar-refractivity contribution in [3.63, 3.8) is 0 Å². The molecule has 1 atom stereocenters. The standard InChI is InChI=1S/C29H31N3O6/c1-3-4-17-38-23-8-5-7-22(18-23)26(33)24-25(20-9-11-21(12-10-20)29(36)37-2)32(28(35)27(24)34)15-6-14-31-16-13-30-19-31/h5,7-13,16,18-19,25,33H,3-4,6,14-15,17H2,1-2H3. The predicted octanol–water partition coefficient (Wildman–Crippen LogP) is 4.36. The largest absolute Gasteiger partial charge is 0.507 e. The summed E-state index contributed by atoms with van der Waals surface area (Å²) in [5, 5.41) is 11.3. The minimum atomic E-state index is -0.825. The number of aliphatic hydroxyl groups is 1. The van der Waals surface area contributed by atoms with Crippen LogP contribution in [0, 0.1) is 0 Å². The van der Waals surface area contributed by atoms with Gasteiger partial charge in [-0.05, 0) is 42.7 Å². The van der Waals surface area contributed by atoms with Gasteiger partial charge in [0.25, 0.3) is 11.7 Å². The number of ketones is 1. The Kier molecular flexibility index (Phi) is 8.58. The van der Waals surface area contributed by atoms with E-state index < -0.39 is 23.7 Å². The number of unbranched alkanes of at least 4 members (excludes halogenated alkanes) is 1. The van der Waals surface area contributed by atoms with Crippen molar-refractivity contribution in [2.24, 2.45) is 0 Å². The predicted molar refractivity (Wildman–Crippen MR) is 140 cm³/mol. The van der Waals surface area contributed by atoms with Crippen molar-refractivity contribution in [1.82, 2.24) is 14.5 Å². The molecule has 1 N–H and O–H groups in total. The molecule has 9 nitrogen and oxygen atoms in total. The maximum absolute atomic E-state index is 13.3. The highest BCUT2D eigenvalue weighted by Crippen LogP contribution is 2.40. The van der Waals surface area contributed by atoms with Gasteiger partial charge in [0.15, 0.2) is 0 Å². The van der Waals surface area contributed by atoms with Gasteiger partial charge in [0.05, 0.1) is 37.2 Å². The van der Waals surface area contributed by atoms with Crippen LogP contribution < -0.4 is 4.74 Å². The molecule has 0 spiro atoms. The number of amides is 1. The smallest absolute Gasteiger partial charge is 0.337 e. The third-order valence-corrected chi connectivity index (χ3v) is 6.44. The number of esters is 1. The summed E-state index contributed by atoms with van der Waals surface area (Å²) in [5.74, 6) is -1.65. The summed E-state index contributed by atoms with van der Waals surface area (Å²) in [6.07, 6.45) is 7.64. The molecule has 1 aliphatic heterocycles. The lowest BCUT2D eigenvalue weighted by Gasteiger charge is -2.25. The lowest BCUT2D eigenvalue weighted by Crippen LogP contribution is -2.31. The van der Waals surface area contributed by atoms with Crippen molar-refractivity contribution in [3.8, 4) is 5.75 Å². The zero-order chi connectivity index (χ0) is 27.1. The molecule has 2 aromatic carbocycles. The minimum absolute atomic E-state index is 0.00541. The molecule has 2 heterocycles. The van der Waals surface area contributed by atoms with Gasteiger partial charge >= 0.3 is 5.97 Å². The van der Waals surface area contributed by atoms with Crippen molar-refractivity contribution in [2.45, 2.75) is 38.8 Å². The molecular weight excluding hydrogens is 486 g/mol. The van der Waals surface area contributed by atoms with Gasteiger partial charge < -0.3 is 24.0 Å². The number of Topliss-reactive ketones (excluding diaryl/α,β-unsaturated/α-hetero) is 1. The number of ether oxygens (including phenoxy) is 2. The van der Waals surface area contributed by atoms with Gasteiger partial charge in [-0.2, -0.15) is 0 Å². The molecule has 1 aromatic heterocycles. The highest BCUT2D eigenvalue weighted by Gasteiger charge is 2.45. The molecule has 38 heavy (non-hydrogen) atoms. The van der Waals surface area contributed by atoms with E-state index in [0.717, 1.165) is 12.8 Å². The minimum Gasteiger partial charge on any atom is -0.507 e. The van der Waals surface area contributed by atoms with Gasteiger partial charge in [-0.25, -0.2) is 9.78 Å². The van der Waals surface area contributed by atoms with E-state index in [4.69, 9.17) is 9.47 Å². The molecule has 1 saturated heterocycles. The fourth-order valence-corrected chi connectivity index (χ4v) is 4.44. The zero-order valence-corrected chi connectivity index (χ0v) is 21.5. The number of carbonyl (C=O) groups excluding carboxylic acids is 3. The van der Waals surface area contributed by atoms with Gasteiger partial charge in [0.2, 0.25) is 0 Å². The first-order valence-corrected chi connectivity index (χ1v) is 12.6. The zero-order valence-electron chi connectivity index (χ0n) is 21.5. The molecule has 1 amide bonds. The number of likely N-dealkylation sites (tertiary alicyclic amines) is 1. The van der Waals surface area contributed by atoms with E-state index in [1.54, 1.807) is 61.1 Å². The number of rotatable bonds is 11. The summed E-state index contributed by atoms with van der Waals surface area (Å²) in [4.78, 5) is 43.9. The molecule has 0 aliphatic carbocycles. The van der Waals surface area contributed by atoms with Crippen LogP contribution in [0.15, 0.2) is 72.8 Å². The van der Waals surface area contributed by atoms with Crippen LogP contribution in [0.5, 0.6) is 5.75 Å². The first kappa shape index (κ1) is 26.7. The van der Waals surface area contributed by atoms with Gasteiger partial charge in [-0.1, -0.05) is 37.6 Å². The summed E-state index contributed by atoms with van der Waals surface area (Å²) in [7, 11) is 1.30. The normalized spacial score (nSPS) is 16.6. The van der Waals surface area contributed by atoms with E-state index in [-0.39, 0.29) is 17.9 Å². The van der Waals surface area contributed by atoms with Gasteiger partial charge in [0, 0.05) is 31.0 Å². The first-order chi connectivity index (χ1) is 18.4. The molecular formula is C29H31N3O6. The Hall–Kier alpha value is -4.40. The molecule has 1 aliphatic rings. The number of aryl methyl sites for hydroxylation is 1. The Bertz CT molecular complexity index is 1310. The van der Waals surface area contributed by atoms with E-state index in [1.165, 1.54) is 12.0 Å². The third-order valence-electron chi connectivity index (χ3n) is 6.44. The number of aromatic nitrogens is 2. The first-order valence-electron chi connectivity index (χ1n) is 12.6. The summed E-state index contributed by atoms with van der Waals surface area (Å²) in [6.45, 7) is 3.49. The molecule has 0 radical (unpaired) electrons. The summed E-state index contributed by atoms with van der Waals surface area (Å²) in [5.41, 5.74) is 1.31. The molecule has 1 fully saturated rings. The second-order valence-electron chi connectivity index (χ2n) is 8.99. The molecule has 198 valence electrons. The fourth-order valence-electron chi connectivity index (χ4n) is 4.44. The summed E-state index contributed by atoms with van der Waals surface area (Å²) in [6, 6.07) is 12.5. The average Bonchev–Trinajstić information content (AvgIpc) is 3.55. The van der Waals surface area contributed by atoms with E-state index >= 15 is 0 Å². The van der Waals surface area contributed by atoms with Crippen LogP contribution in [0.1, 0.15) is 53.7 Å². The second kappa shape index (κ2) is 12.2. The van der Waals surface area contributed by atoms with Gasteiger partial charge in [0.1, 0.15) is 11.5 Å². The van der Waals surface area contributed by atoms with Crippen LogP contribution in [0.2, 0.25) is 0 Å². The molecule has 4 rings (SSSR count). The quantitative estimate of drug-likeness (QED) is 0.132. The number of methoxy groups -OCH3 is 1. The summed E-state index contributed by atoms with van der Waals surface area (Å²) < 4.78 is 12.4. The van der Waals surface area contributed by atoms with Crippen LogP contribution in [-0.2, 0) is 20.9 Å². The van der Waals surface area contributed by atoms with Crippen LogP contribution in [0.25, 0.3) is 5.76 Å². The molecule has 1 unspecified atom stereocenters. The molecule has 3 aromatic rings. The van der Waals surface area contributed by atoms with E-state index in [9.17, 15) is 19.5 Å². The van der Waals surface area contributed by atoms with E-state index in [2.05, 4.69) is 11.9 Å². The maximum Gasteiger partial charge on any atom is 0.337 e. The fraction of sp³-hybridized carbons (Fsp3) is 0.310. The number of imidazole rings is 1. The molecule has 0 bridgehead atoms. The van der Waals surface area contributed by atoms with Gasteiger partial charge in [-0.3, -0.25) is 9.59 Å². The Morgan fingerprint density at radius 2 is 1.84 bits per heavy atom. The number of carbonyl (C=O) groups is 3. The average molecular weight is 518 g/mol. The Morgan fingerprint density at radius 1 is 1.05 bits per heavy atom. The number of aliphatic hydroxyl groups excluding tert-OH is 1. The highest BCUT2D eigenvalue weighted by atomic mass is 16.5. The van der Waals surface area contributed by atoms with Crippen molar-refractivity contribution in [3.05, 3.63) is 89.5 Å². The van der Waals surface area contributed by atoms with Crippen molar-refractivity contribution < 1.29 is 29.0 Å². The Labute approximate surface area is 221 Å². The van der Waals surface area contributed by atoms with Crippen LogP contribution in [0.4, 0.5) is 0 Å². The number of benzene rings is 2. The number of hydrogen-bond donors (Lipinski definition) is 1. The third kappa shape index (κ3) is 5.77. The lowest BCUT2D eigenvalue weighted by molar-refractivity contribution is -0.139. The second-order valence-corrected chi connectivity index (χ2v) is 8.99. The Balaban J connectivity index is 1.71. The van der Waals surface area contributed by atoms with Crippen molar-refractivity contribution in [1.29, 1.82) is 0 Å². The van der Waals surface area contributed by atoms with E-state index in [1.807, 2.05) is 10.8 Å². The highest BCUT2D eigenvalue weighted by molar-refractivity contribution is 6.46. The van der Waals surface area contributed by atoms with E-state index in [0.29, 0.717) is 42.0 Å². The van der Waals surface area contributed by atoms with Crippen molar-refractivity contribution in [2.75, 3.05) is 20.3 Å². The maximum atomic E-state index is 13.3. The number of nitrogens with zero attached hydrogens (tertiary/aromatic N) is 3. The summed E-state index contributed by atoms with van der Waals surface area (Å²) >= 11 is 0. The van der Waals surface area contributed by atoms with Crippen molar-refractivity contribution >= 4 is 23.4 Å². The molecule has 9 heteroatoms. The van der Waals surface area contributed by atoms with Gasteiger partial charge in [-0.15, -0.1) is 0 Å². The monoisotopic (exact) mass is 517 g/mol. The van der Waals surface area contributed by atoms with Crippen LogP contribution in [-0.4, -0.2) is 57.5 Å². The van der Waals surface area contributed by atoms with Crippen LogP contribution >= 0.6 is 0 Å².